The van der Waals surface area contributed by atoms with Crippen LogP contribution in [-0.2, 0) is 17.1 Å². The van der Waals surface area contributed by atoms with Crippen LogP contribution < -0.4 is 14.8 Å². The van der Waals surface area contributed by atoms with Gasteiger partial charge in [0, 0.05) is 44.2 Å². The average molecular weight is 487 g/mol. The van der Waals surface area contributed by atoms with Crippen molar-refractivity contribution in [3.63, 3.8) is 0 Å². The summed E-state index contributed by atoms with van der Waals surface area (Å²) in [5.41, 5.74) is 1.04. The first-order valence-electron chi connectivity index (χ1n) is 10.7. The van der Waals surface area contributed by atoms with Gasteiger partial charge in [-0.05, 0) is 55.8 Å². The van der Waals surface area contributed by atoms with E-state index in [-0.39, 0.29) is 16.8 Å². The minimum atomic E-state index is -3.64. The molecule has 0 saturated heterocycles. The Balaban J connectivity index is 1.94. The number of amides is 1. The molecule has 0 bridgehead atoms. The van der Waals surface area contributed by atoms with E-state index in [2.05, 4.69) is 10.3 Å². The Morgan fingerprint density at radius 2 is 1.65 bits per heavy atom. The third kappa shape index (κ3) is 5.23. The van der Waals surface area contributed by atoms with Gasteiger partial charge in [0.05, 0.1) is 19.1 Å². The smallest absolute Gasteiger partial charge is 0.252 e. The van der Waals surface area contributed by atoms with E-state index >= 15 is 0 Å². The molecule has 2 aromatic carbocycles. The van der Waals surface area contributed by atoms with Gasteiger partial charge >= 0.3 is 0 Å². The highest BCUT2D eigenvalue weighted by Crippen LogP contribution is 2.30. The highest BCUT2D eigenvalue weighted by molar-refractivity contribution is 7.89. The summed E-state index contributed by atoms with van der Waals surface area (Å²) in [5, 5.41) is 3.00. The van der Waals surface area contributed by atoms with Crippen LogP contribution in [0.4, 0.5) is 0 Å². The lowest BCUT2D eigenvalue weighted by molar-refractivity contribution is 0.0941. The van der Waals surface area contributed by atoms with Gasteiger partial charge in [-0.15, -0.1) is 0 Å². The molecule has 0 fully saturated rings. The predicted molar refractivity (Wildman–Crippen MR) is 129 cm³/mol. The molecule has 0 spiro atoms. The summed E-state index contributed by atoms with van der Waals surface area (Å²) in [6.07, 6.45) is 3.44. The molecule has 0 aliphatic carbocycles. The maximum absolute atomic E-state index is 13.2. The molecule has 0 saturated carbocycles. The monoisotopic (exact) mass is 486 g/mol. The topological polar surface area (TPSA) is 103 Å². The van der Waals surface area contributed by atoms with Gasteiger partial charge in [-0.3, -0.25) is 4.79 Å². The van der Waals surface area contributed by atoms with Crippen molar-refractivity contribution in [3.8, 4) is 11.5 Å². The van der Waals surface area contributed by atoms with E-state index in [1.807, 2.05) is 11.6 Å². The molecule has 182 valence electrons. The van der Waals surface area contributed by atoms with E-state index in [0.717, 1.165) is 5.56 Å². The summed E-state index contributed by atoms with van der Waals surface area (Å²) < 4.78 is 39.3. The number of methoxy groups -OCH3 is 2. The van der Waals surface area contributed by atoms with Crippen molar-refractivity contribution in [3.05, 3.63) is 71.8 Å². The number of aryl methyl sites for hydroxylation is 1. The minimum absolute atomic E-state index is 0.124. The van der Waals surface area contributed by atoms with Gasteiger partial charge in [-0.2, -0.15) is 4.31 Å². The van der Waals surface area contributed by atoms with E-state index < -0.39 is 16.1 Å². The average Bonchev–Trinajstić information content (AvgIpc) is 3.26. The highest BCUT2D eigenvalue weighted by atomic mass is 32.2. The molecule has 1 N–H and O–H groups in total. The van der Waals surface area contributed by atoms with Crippen LogP contribution in [0, 0.1) is 0 Å². The Morgan fingerprint density at radius 1 is 1.06 bits per heavy atom. The van der Waals surface area contributed by atoms with Crippen molar-refractivity contribution in [2.45, 2.75) is 30.8 Å². The molecule has 1 aromatic heterocycles. The van der Waals surface area contributed by atoms with Gasteiger partial charge in [0.2, 0.25) is 10.0 Å². The Hall–Kier alpha value is -3.37. The van der Waals surface area contributed by atoms with Crippen LogP contribution in [0.5, 0.6) is 11.5 Å². The number of aromatic nitrogens is 2. The Labute approximate surface area is 200 Å². The minimum Gasteiger partial charge on any atom is -0.497 e. The number of hydrogen-bond acceptors (Lipinski definition) is 6. The van der Waals surface area contributed by atoms with Gasteiger partial charge in [-0.1, -0.05) is 0 Å². The number of sulfonamides is 1. The van der Waals surface area contributed by atoms with Crippen LogP contribution in [0.25, 0.3) is 0 Å². The van der Waals surface area contributed by atoms with Gasteiger partial charge in [0.1, 0.15) is 23.4 Å². The van der Waals surface area contributed by atoms with Gasteiger partial charge in [0.25, 0.3) is 5.91 Å². The molecule has 9 nitrogen and oxygen atoms in total. The number of nitrogens with one attached hydrogen (secondary N) is 1. The zero-order valence-corrected chi connectivity index (χ0v) is 21.0. The van der Waals surface area contributed by atoms with Gasteiger partial charge < -0.3 is 19.4 Å². The molecule has 1 atom stereocenters. The zero-order chi connectivity index (χ0) is 25.0. The van der Waals surface area contributed by atoms with Crippen molar-refractivity contribution >= 4 is 15.9 Å². The van der Waals surface area contributed by atoms with Crippen LogP contribution in [0.15, 0.2) is 59.8 Å². The molecule has 34 heavy (non-hydrogen) atoms. The molecule has 0 radical (unpaired) electrons. The van der Waals surface area contributed by atoms with E-state index in [9.17, 15) is 13.2 Å². The molecule has 1 amide bonds. The highest BCUT2D eigenvalue weighted by Gasteiger charge is 2.25. The predicted octanol–water partition coefficient (Wildman–Crippen LogP) is 2.99. The molecule has 1 unspecified atom stereocenters. The molecule has 3 aromatic rings. The third-order valence-corrected chi connectivity index (χ3v) is 7.67. The lowest BCUT2D eigenvalue weighted by Gasteiger charge is -2.22. The van der Waals surface area contributed by atoms with Crippen LogP contribution in [0.3, 0.4) is 0 Å². The molecule has 0 aliphatic heterocycles. The molecule has 3 rings (SSSR count). The molecule has 1 heterocycles. The Kier molecular flexibility index (Phi) is 7.63. The maximum Gasteiger partial charge on any atom is 0.252 e. The largest absolute Gasteiger partial charge is 0.497 e. The fourth-order valence-corrected chi connectivity index (χ4v) is 4.75. The number of carbonyl (C=O) groups excluding carboxylic acids is 1. The Bertz CT molecular complexity index is 1230. The zero-order valence-electron chi connectivity index (χ0n) is 20.1. The third-order valence-electron chi connectivity index (χ3n) is 5.62. The molecular formula is C24H30N4O5S. The Morgan fingerprint density at radius 3 is 2.12 bits per heavy atom. The summed E-state index contributed by atoms with van der Waals surface area (Å²) in [5.74, 6) is 1.38. The van der Waals surface area contributed by atoms with Crippen molar-refractivity contribution in [1.82, 2.24) is 19.2 Å². The maximum atomic E-state index is 13.2. The summed E-state index contributed by atoms with van der Waals surface area (Å²) in [7, 11) is 2.83. The summed E-state index contributed by atoms with van der Waals surface area (Å²) >= 11 is 0. The van der Waals surface area contributed by atoms with Crippen molar-refractivity contribution in [2.75, 3.05) is 21.3 Å². The number of rotatable bonds is 9. The normalized spacial score (nSPS) is 12.6. The van der Waals surface area contributed by atoms with Crippen LogP contribution in [0.1, 0.15) is 41.6 Å². The lowest BCUT2D eigenvalue weighted by Crippen LogP contribution is -2.33. The second kappa shape index (κ2) is 10.3. The fraction of sp³-hybridized carbons (Fsp3) is 0.333. The lowest BCUT2D eigenvalue weighted by atomic mass is 10.0. The summed E-state index contributed by atoms with van der Waals surface area (Å²) in [6, 6.07) is 10.4. The van der Waals surface area contributed by atoms with E-state index in [1.54, 1.807) is 58.7 Å². The number of imidazole rings is 1. The number of benzene rings is 2. The molecule has 0 aliphatic rings. The van der Waals surface area contributed by atoms with Gasteiger partial charge in [-0.25, -0.2) is 13.4 Å². The second-order valence-electron chi connectivity index (χ2n) is 8.09. The van der Waals surface area contributed by atoms with Crippen LogP contribution >= 0.6 is 0 Å². The van der Waals surface area contributed by atoms with Crippen molar-refractivity contribution < 1.29 is 22.7 Å². The SMILES string of the molecule is COc1cc(OC)cc(C(NC(=O)c2ccc(S(=O)(=O)N(C)C(C)C)cc2)c2nccn2C)c1. The summed E-state index contributed by atoms with van der Waals surface area (Å²) in [4.78, 5) is 17.7. The molecular weight excluding hydrogens is 456 g/mol. The van der Waals surface area contributed by atoms with Gasteiger partial charge in [0.15, 0.2) is 0 Å². The molecule has 10 heteroatoms. The first-order valence-corrected chi connectivity index (χ1v) is 12.1. The van der Waals surface area contributed by atoms with E-state index in [1.165, 1.54) is 35.6 Å². The van der Waals surface area contributed by atoms with Crippen LogP contribution in [0.2, 0.25) is 0 Å². The standard InChI is InChI=1S/C24H30N4O5S/c1-16(2)28(4)34(30,31)21-9-7-17(8-10-21)24(29)26-22(23-25-11-12-27(23)3)18-13-19(32-5)15-20(14-18)33-6/h7-16,22H,1-6H3,(H,26,29). The first kappa shape index (κ1) is 25.3. The quantitative estimate of drug-likeness (QED) is 0.499. The number of ether oxygens (including phenoxy) is 2. The van der Waals surface area contributed by atoms with Crippen molar-refractivity contribution in [1.29, 1.82) is 0 Å². The number of nitrogens with zero attached hydrogens (tertiary/aromatic N) is 3. The number of hydrogen-bond donors (Lipinski definition) is 1. The number of carbonyl (C=O) groups is 1. The van der Waals surface area contributed by atoms with E-state index in [0.29, 0.717) is 22.9 Å². The van der Waals surface area contributed by atoms with E-state index in [4.69, 9.17) is 9.47 Å². The summed E-state index contributed by atoms with van der Waals surface area (Å²) in [6.45, 7) is 3.59. The first-order chi connectivity index (χ1) is 16.1. The van der Waals surface area contributed by atoms with Crippen LogP contribution in [-0.4, -0.2) is 55.5 Å². The fourth-order valence-electron chi connectivity index (χ4n) is 3.38. The van der Waals surface area contributed by atoms with Crippen molar-refractivity contribution in [2.24, 2.45) is 7.05 Å². The second-order valence-corrected chi connectivity index (χ2v) is 10.1.